The SMILES string of the molecule is CC(NC(=O)c1cc(N)ncn1)c1ncc(C(=O)Nc2ccc(CF)c(Cl)c2)s1. The van der Waals surface area contributed by atoms with E-state index in [1.807, 2.05) is 0 Å². The summed E-state index contributed by atoms with van der Waals surface area (Å²) in [6, 6.07) is 5.46. The summed E-state index contributed by atoms with van der Waals surface area (Å²) in [5.74, 6) is -0.638. The van der Waals surface area contributed by atoms with Crippen LogP contribution in [0.2, 0.25) is 5.02 Å². The van der Waals surface area contributed by atoms with Crippen LogP contribution < -0.4 is 16.4 Å². The molecule has 0 saturated heterocycles. The Balaban J connectivity index is 1.65. The number of nitrogens with two attached hydrogens (primary N) is 1. The summed E-state index contributed by atoms with van der Waals surface area (Å²) in [7, 11) is 0. The summed E-state index contributed by atoms with van der Waals surface area (Å²) in [5.41, 5.74) is 6.47. The largest absolute Gasteiger partial charge is 0.384 e. The van der Waals surface area contributed by atoms with Gasteiger partial charge in [-0.05, 0) is 19.1 Å². The second-order valence-corrected chi connectivity index (χ2v) is 7.45. The monoisotopic (exact) mass is 434 g/mol. The van der Waals surface area contributed by atoms with Crippen LogP contribution in [0.15, 0.2) is 36.8 Å². The lowest BCUT2D eigenvalue weighted by Gasteiger charge is -2.10. The summed E-state index contributed by atoms with van der Waals surface area (Å²) in [5, 5.41) is 6.19. The Labute approximate surface area is 174 Å². The molecule has 8 nitrogen and oxygen atoms in total. The fourth-order valence-corrected chi connectivity index (χ4v) is 3.39. The minimum absolute atomic E-state index is 0.132. The first-order valence-corrected chi connectivity index (χ1v) is 9.56. The van der Waals surface area contributed by atoms with Crippen molar-refractivity contribution in [1.82, 2.24) is 20.3 Å². The maximum Gasteiger partial charge on any atom is 0.270 e. The van der Waals surface area contributed by atoms with Crippen molar-refractivity contribution in [2.24, 2.45) is 0 Å². The Morgan fingerprint density at radius 2 is 2.03 bits per heavy atom. The molecule has 1 atom stereocenters. The van der Waals surface area contributed by atoms with Crippen LogP contribution in [0.4, 0.5) is 15.9 Å². The maximum absolute atomic E-state index is 12.7. The molecule has 0 spiro atoms. The Bertz CT molecular complexity index is 1060. The van der Waals surface area contributed by atoms with Crippen LogP contribution in [0.5, 0.6) is 0 Å². The van der Waals surface area contributed by atoms with Crippen molar-refractivity contribution >= 4 is 46.3 Å². The Kier molecular flexibility index (Phi) is 6.35. The molecule has 0 aliphatic rings. The first kappa shape index (κ1) is 20.6. The maximum atomic E-state index is 12.7. The van der Waals surface area contributed by atoms with E-state index in [4.69, 9.17) is 17.3 Å². The van der Waals surface area contributed by atoms with Crippen molar-refractivity contribution in [3.63, 3.8) is 0 Å². The number of thiazole rings is 1. The standard InChI is InChI=1S/C18H16ClFN6O2S/c1-9(25-16(27)13-5-15(21)24-8-23-13)18-22-7-14(29-18)17(28)26-11-3-2-10(6-20)12(19)4-11/h2-5,7-9H,6H2,1H3,(H,25,27)(H,26,28)(H2,21,23,24). The number of rotatable bonds is 6. The van der Waals surface area contributed by atoms with Crippen molar-refractivity contribution in [1.29, 1.82) is 0 Å². The number of nitrogens with one attached hydrogen (secondary N) is 2. The molecule has 4 N–H and O–H groups in total. The van der Waals surface area contributed by atoms with Crippen molar-refractivity contribution in [3.8, 4) is 0 Å². The molecule has 150 valence electrons. The van der Waals surface area contributed by atoms with Crippen LogP contribution in [0.1, 0.15) is 43.7 Å². The smallest absolute Gasteiger partial charge is 0.270 e. The van der Waals surface area contributed by atoms with Gasteiger partial charge >= 0.3 is 0 Å². The summed E-state index contributed by atoms with van der Waals surface area (Å²) in [4.78, 5) is 36.8. The van der Waals surface area contributed by atoms with E-state index in [9.17, 15) is 14.0 Å². The predicted octanol–water partition coefficient (Wildman–Crippen LogP) is 3.38. The van der Waals surface area contributed by atoms with E-state index in [0.717, 1.165) is 11.3 Å². The van der Waals surface area contributed by atoms with Gasteiger partial charge < -0.3 is 16.4 Å². The average molecular weight is 435 g/mol. The van der Waals surface area contributed by atoms with Gasteiger partial charge in [-0.1, -0.05) is 17.7 Å². The molecule has 0 fully saturated rings. The van der Waals surface area contributed by atoms with Crippen LogP contribution in [0.3, 0.4) is 0 Å². The molecule has 1 aromatic carbocycles. The molecule has 0 radical (unpaired) electrons. The molecule has 29 heavy (non-hydrogen) atoms. The number of halogens is 2. The normalized spacial score (nSPS) is 11.7. The zero-order chi connectivity index (χ0) is 21.0. The van der Waals surface area contributed by atoms with Crippen LogP contribution >= 0.6 is 22.9 Å². The number of amides is 2. The van der Waals surface area contributed by atoms with E-state index in [2.05, 4.69) is 25.6 Å². The van der Waals surface area contributed by atoms with Crippen LogP contribution in [0.25, 0.3) is 0 Å². The number of hydrogen-bond donors (Lipinski definition) is 3. The third-order valence-electron chi connectivity index (χ3n) is 3.84. The van der Waals surface area contributed by atoms with Crippen LogP contribution in [0, 0.1) is 0 Å². The molecule has 3 aromatic rings. The first-order valence-electron chi connectivity index (χ1n) is 8.37. The topological polar surface area (TPSA) is 123 Å². The van der Waals surface area contributed by atoms with E-state index in [-0.39, 0.29) is 22.4 Å². The number of alkyl halides is 1. The number of nitrogens with zero attached hydrogens (tertiary/aromatic N) is 3. The number of anilines is 2. The number of hydrogen-bond acceptors (Lipinski definition) is 7. The van der Waals surface area contributed by atoms with E-state index in [1.165, 1.54) is 30.7 Å². The van der Waals surface area contributed by atoms with Crippen molar-refractivity contribution in [2.45, 2.75) is 19.6 Å². The molecule has 0 aliphatic carbocycles. The summed E-state index contributed by atoms with van der Waals surface area (Å²) < 4.78 is 12.7. The van der Waals surface area contributed by atoms with Gasteiger partial charge in [-0.2, -0.15) is 0 Å². The number of aromatic nitrogens is 3. The number of carbonyl (C=O) groups excluding carboxylic acids is 2. The van der Waals surface area contributed by atoms with Crippen molar-refractivity contribution in [2.75, 3.05) is 11.1 Å². The Hall–Kier alpha value is -3.11. The summed E-state index contributed by atoms with van der Waals surface area (Å²) in [6.07, 6.45) is 2.62. The minimum atomic E-state index is -0.684. The van der Waals surface area contributed by atoms with Gasteiger partial charge in [0.1, 0.15) is 34.4 Å². The van der Waals surface area contributed by atoms with Crippen LogP contribution in [-0.2, 0) is 6.67 Å². The molecular formula is C18H16ClFN6O2S. The third-order valence-corrected chi connectivity index (χ3v) is 5.37. The van der Waals surface area contributed by atoms with Gasteiger partial charge in [0.15, 0.2) is 0 Å². The lowest BCUT2D eigenvalue weighted by atomic mass is 10.2. The summed E-state index contributed by atoms with van der Waals surface area (Å²) in [6.45, 7) is 1.05. The highest BCUT2D eigenvalue weighted by Gasteiger charge is 2.18. The van der Waals surface area contributed by atoms with Gasteiger partial charge in [-0.3, -0.25) is 9.59 Å². The molecule has 2 aromatic heterocycles. The number of benzene rings is 1. The zero-order valence-electron chi connectivity index (χ0n) is 15.1. The molecule has 2 amide bonds. The van der Waals surface area contributed by atoms with E-state index < -0.39 is 18.6 Å². The van der Waals surface area contributed by atoms with Crippen molar-refractivity contribution in [3.05, 3.63) is 63.0 Å². The lowest BCUT2D eigenvalue weighted by Crippen LogP contribution is -2.27. The second kappa shape index (κ2) is 8.93. The van der Waals surface area contributed by atoms with Crippen molar-refractivity contribution < 1.29 is 14.0 Å². The third kappa shape index (κ3) is 5.04. The van der Waals surface area contributed by atoms with E-state index >= 15 is 0 Å². The highest BCUT2D eigenvalue weighted by atomic mass is 35.5. The van der Waals surface area contributed by atoms with Gasteiger partial charge in [0, 0.05) is 22.3 Å². The predicted molar refractivity (Wildman–Crippen MR) is 109 cm³/mol. The summed E-state index contributed by atoms with van der Waals surface area (Å²) >= 11 is 7.09. The fourth-order valence-electron chi connectivity index (χ4n) is 2.35. The fraction of sp³-hybridized carbons (Fsp3) is 0.167. The molecule has 11 heteroatoms. The van der Waals surface area contributed by atoms with E-state index in [1.54, 1.807) is 13.0 Å². The minimum Gasteiger partial charge on any atom is -0.384 e. The lowest BCUT2D eigenvalue weighted by molar-refractivity contribution is 0.0934. The number of carbonyl (C=O) groups is 2. The zero-order valence-corrected chi connectivity index (χ0v) is 16.7. The average Bonchev–Trinajstić information content (AvgIpc) is 3.18. The molecule has 2 heterocycles. The van der Waals surface area contributed by atoms with E-state index in [0.29, 0.717) is 21.1 Å². The molecule has 0 bridgehead atoms. The molecule has 0 saturated carbocycles. The van der Waals surface area contributed by atoms with Gasteiger partial charge in [0.2, 0.25) is 0 Å². The molecular weight excluding hydrogens is 419 g/mol. The highest BCUT2D eigenvalue weighted by molar-refractivity contribution is 7.13. The quantitative estimate of drug-likeness (QED) is 0.546. The van der Waals surface area contributed by atoms with Crippen LogP contribution in [-0.4, -0.2) is 26.8 Å². The van der Waals surface area contributed by atoms with Gasteiger partial charge in [0.05, 0.1) is 12.2 Å². The number of nitrogen functional groups attached to an aromatic ring is 1. The molecule has 1 unspecified atom stereocenters. The highest BCUT2D eigenvalue weighted by Crippen LogP contribution is 2.24. The first-order chi connectivity index (χ1) is 13.9. The molecule has 3 rings (SSSR count). The van der Waals surface area contributed by atoms with Gasteiger partial charge in [0.25, 0.3) is 11.8 Å². The molecule has 0 aliphatic heterocycles. The van der Waals surface area contributed by atoms with Gasteiger partial charge in [-0.25, -0.2) is 19.3 Å². The van der Waals surface area contributed by atoms with Gasteiger partial charge in [-0.15, -0.1) is 11.3 Å². The Morgan fingerprint density at radius 1 is 1.24 bits per heavy atom. The Morgan fingerprint density at radius 3 is 2.72 bits per heavy atom. The second-order valence-electron chi connectivity index (χ2n) is 5.98.